The molecule has 260 valence electrons. The number of nitriles is 1. The third-order valence-electron chi connectivity index (χ3n) is 12.2. The Labute approximate surface area is 312 Å². The van der Waals surface area contributed by atoms with Gasteiger partial charge in [-0.05, 0) is 124 Å². The largest absolute Gasteiger partial charge is 0.332 e. The molecule has 4 aliphatic rings. The highest BCUT2D eigenvalue weighted by Crippen LogP contribution is 2.51. The van der Waals surface area contributed by atoms with Crippen LogP contribution in [0.5, 0.6) is 0 Å². The van der Waals surface area contributed by atoms with Gasteiger partial charge in [-0.1, -0.05) is 84.7 Å². The van der Waals surface area contributed by atoms with E-state index in [1.54, 1.807) is 0 Å². The first-order valence-corrected chi connectivity index (χ1v) is 19.2. The predicted molar refractivity (Wildman–Crippen MR) is 221 cm³/mol. The highest BCUT2D eigenvalue weighted by atomic mass is 15.2. The molecule has 0 N–H and O–H groups in total. The number of aromatic nitrogens is 2. The smallest absolute Gasteiger partial charge is 0.0993 e. The molecule has 0 spiro atoms. The monoisotopic (exact) mass is 688 g/mol. The predicted octanol–water partition coefficient (Wildman–Crippen LogP) is 11.9. The van der Waals surface area contributed by atoms with Gasteiger partial charge >= 0.3 is 0 Å². The van der Waals surface area contributed by atoms with Crippen molar-refractivity contribution < 1.29 is 0 Å². The molecule has 0 radical (unpaired) electrons. The van der Waals surface area contributed by atoms with Gasteiger partial charge in [-0.25, -0.2) is 0 Å². The summed E-state index contributed by atoms with van der Waals surface area (Å²) in [5.74, 6) is 1.21. The van der Waals surface area contributed by atoms with E-state index in [0.29, 0.717) is 17.4 Å². The van der Waals surface area contributed by atoms with Gasteiger partial charge in [0.1, 0.15) is 0 Å². The molecule has 0 amide bonds. The van der Waals surface area contributed by atoms with Gasteiger partial charge in [-0.3, -0.25) is 0 Å². The first-order valence-electron chi connectivity index (χ1n) is 19.2. The van der Waals surface area contributed by atoms with Crippen molar-refractivity contribution in [3.8, 4) is 17.4 Å². The second-order valence-corrected chi connectivity index (χ2v) is 16.2. The Bertz CT molecular complexity index is 2720. The summed E-state index contributed by atoms with van der Waals surface area (Å²) < 4.78 is 4.97. The van der Waals surface area contributed by atoms with Crippen molar-refractivity contribution in [1.82, 2.24) is 9.13 Å². The minimum atomic E-state index is 0.107. The fourth-order valence-electron chi connectivity index (χ4n) is 9.76. The van der Waals surface area contributed by atoms with Crippen LogP contribution in [0.2, 0.25) is 0 Å². The van der Waals surface area contributed by atoms with Crippen molar-refractivity contribution in [2.45, 2.75) is 60.4 Å². The van der Waals surface area contributed by atoms with Crippen LogP contribution in [-0.2, 0) is 6.42 Å². The van der Waals surface area contributed by atoms with Crippen LogP contribution in [0.4, 0.5) is 5.69 Å². The Balaban J connectivity index is 1.39. The Morgan fingerprint density at radius 2 is 1.25 bits per heavy atom. The van der Waals surface area contributed by atoms with Crippen molar-refractivity contribution in [2.75, 3.05) is 4.90 Å². The van der Waals surface area contributed by atoms with Crippen molar-refractivity contribution >= 4 is 44.5 Å². The first kappa shape index (κ1) is 31.9. The van der Waals surface area contributed by atoms with Crippen LogP contribution in [0.15, 0.2) is 120 Å². The van der Waals surface area contributed by atoms with E-state index in [0.717, 1.165) is 29.9 Å². The van der Waals surface area contributed by atoms with Crippen LogP contribution in [-0.4, -0.2) is 15.2 Å². The lowest BCUT2D eigenvalue weighted by molar-refractivity contribution is 0.612. The SMILES string of the molecule is CC1=CC2C3=C(C=CC(C)C3)N(c3cc(C#N)cc(-n4c5c(c6cc(C)ccc64)CC(C)C=C5)c3-n3c4ccc(C)cc4c4cc(C)ccc43)C2C=C1. The van der Waals surface area contributed by atoms with Gasteiger partial charge in [-0.2, -0.15) is 5.26 Å². The molecule has 3 aliphatic carbocycles. The number of hydrogen-bond donors (Lipinski definition) is 0. The molecule has 53 heavy (non-hydrogen) atoms. The third-order valence-corrected chi connectivity index (χ3v) is 12.2. The number of rotatable bonds is 3. The number of hydrogen-bond acceptors (Lipinski definition) is 2. The van der Waals surface area contributed by atoms with Crippen LogP contribution >= 0.6 is 0 Å². The summed E-state index contributed by atoms with van der Waals surface area (Å²) in [5.41, 5.74) is 17.8. The van der Waals surface area contributed by atoms with Crippen LogP contribution in [0, 0.1) is 49.9 Å². The quantitative estimate of drug-likeness (QED) is 0.186. The lowest BCUT2D eigenvalue weighted by Gasteiger charge is -2.34. The van der Waals surface area contributed by atoms with E-state index in [-0.39, 0.29) is 12.0 Å². The number of allylic oxidation sites excluding steroid dienone is 5. The number of anilines is 1. The van der Waals surface area contributed by atoms with E-state index in [1.807, 2.05) is 0 Å². The lowest BCUT2D eigenvalue weighted by atomic mass is 9.82. The zero-order valence-electron chi connectivity index (χ0n) is 31.4. The Kier molecular flexibility index (Phi) is 6.99. The molecule has 0 fully saturated rings. The fourth-order valence-corrected chi connectivity index (χ4v) is 9.76. The molecule has 6 aromatic rings. The Morgan fingerprint density at radius 1 is 0.642 bits per heavy atom. The molecule has 2 aromatic heterocycles. The van der Waals surface area contributed by atoms with E-state index in [9.17, 15) is 5.26 Å². The van der Waals surface area contributed by atoms with Gasteiger partial charge in [0.15, 0.2) is 0 Å². The van der Waals surface area contributed by atoms with Crippen molar-refractivity contribution in [2.24, 2.45) is 17.8 Å². The van der Waals surface area contributed by atoms with Crippen LogP contribution in [0.25, 0.3) is 50.2 Å². The van der Waals surface area contributed by atoms with Crippen LogP contribution in [0.1, 0.15) is 60.7 Å². The molecular weight excluding hydrogens is 645 g/mol. The maximum atomic E-state index is 10.9. The molecular formula is C49H44N4. The molecule has 10 rings (SSSR count). The molecule has 4 heteroatoms. The van der Waals surface area contributed by atoms with E-state index in [2.05, 4.69) is 171 Å². The topological polar surface area (TPSA) is 36.9 Å². The van der Waals surface area contributed by atoms with Crippen molar-refractivity contribution in [1.29, 1.82) is 5.26 Å². The van der Waals surface area contributed by atoms with E-state index in [4.69, 9.17) is 0 Å². The minimum absolute atomic E-state index is 0.107. The maximum Gasteiger partial charge on any atom is 0.0993 e. The fraction of sp³-hybridized carbons (Fsp3) is 0.245. The van der Waals surface area contributed by atoms with E-state index in [1.165, 1.54) is 77.5 Å². The molecule has 4 nitrogen and oxygen atoms in total. The van der Waals surface area contributed by atoms with Crippen LogP contribution < -0.4 is 4.90 Å². The summed E-state index contributed by atoms with van der Waals surface area (Å²) in [7, 11) is 0. The zero-order chi connectivity index (χ0) is 36.3. The number of aryl methyl sites for hydroxylation is 3. The van der Waals surface area contributed by atoms with E-state index < -0.39 is 0 Å². The molecule has 4 unspecified atom stereocenters. The molecule has 0 saturated heterocycles. The second kappa shape index (κ2) is 11.6. The van der Waals surface area contributed by atoms with Gasteiger partial charge < -0.3 is 14.0 Å². The molecule has 0 bridgehead atoms. The van der Waals surface area contributed by atoms with Gasteiger partial charge in [-0.15, -0.1) is 0 Å². The summed E-state index contributed by atoms with van der Waals surface area (Å²) in [6.07, 6.45) is 18.6. The highest BCUT2D eigenvalue weighted by molar-refractivity contribution is 6.11. The minimum Gasteiger partial charge on any atom is -0.332 e. The van der Waals surface area contributed by atoms with Crippen LogP contribution in [0.3, 0.4) is 0 Å². The zero-order valence-corrected chi connectivity index (χ0v) is 31.4. The van der Waals surface area contributed by atoms with Crippen molar-refractivity contribution in [3.05, 3.63) is 154 Å². The summed E-state index contributed by atoms with van der Waals surface area (Å²) >= 11 is 0. The lowest BCUT2D eigenvalue weighted by Crippen LogP contribution is -2.34. The van der Waals surface area contributed by atoms with Gasteiger partial charge in [0.25, 0.3) is 0 Å². The summed E-state index contributed by atoms with van der Waals surface area (Å²) in [4.78, 5) is 2.57. The molecule has 3 heterocycles. The average molecular weight is 689 g/mol. The van der Waals surface area contributed by atoms with E-state index >= 15 is 0 Å². The average Bonchev–Trinajstić information content (AvgIpc) is 3.75. The van der Waals surface area contributed by atoms with Gasteiger partial charge in [0, 0.05) is 33.5 Å². The Morgan fingerprint density at radius 3 is 1.92 bits per heavy atom. The highest BCUT2D eigenvalue weighted by Gasteiger charge is 2.42. The number of fused-ring (bicyclic) bond motifs is 8. The molecule has 4 atom stereocenters. The van der Waals surface area contributed by atoms with Crippen molar-refractivity contribution in [3.63, 3.8) is 0 Å². The summed E-state index contributed by atoms with van der Waals surface area (Å²) in [5, 5.41) is 14.7. The normalized spacial score (nSPS) is 21.8. The summed E-state index contributed by atoms with van der Waals surface area (Å²) in [6, 6.07) is 27.7. The maximum absolute atomic E-state index is 10.9. The van der Waals surface area contributed by atoms with Gasteiger partial charge in [0.05, 0.1) is 51.3 Å². The molecule has 0 saturated carbocycles. The first-order chi connectivity index (χ1) is 25.7. The summed E-state index contributed by atoms with van der Waals surface area (Å²) in [6.45, 7) is 13.4. The Hall–Kier alpha value is -5.79. The van der Waals surface area contributed by atoms with Gasteiger partial charge in [0.2, 0.25) is 0 Å². The number of benzene rings is 4. The number of nitrogens with zero attached hydrogens (tertiary/aromatic N) is 4. The molecule has 1 aliphatic heterocycles. The molecule has 4 aromatic carbocycles. The third kappa shape index (κ3) is 4.73. The standard InChI is InChI=1S/C49H44N4/c1-28-7-13-41-35(19-28)36-20-29(2)8-14-42(36)51(41)47-25-34(27-50)26-48(52-43-15-9-30(3)21-37(43)38-22-31(4)10-16-44(38)52)49(47)53-45-17-11-32(5)23-39(45)40-24-33(6)12-18-46(40)53/h7-19,21,23-26,29,31,35,41H,20,22H2,1-6H3. The second-order valence-electron chi connectivity index (χ2n) is 16.2.